The molecule has 0 bridgehead atoms. The Bertz CT molecular complexity index is 4250. The lowest BCUT2D eigenvalue weighted by Crippen LogP contribution is -2.00. The molecule has 0 radical (unpaired) electrons. The van der Waals surface area contributed by atoms with Crippen LogP contribution < -0.4 is 0 Å². The summed E-state index contributed by atoms with van der Waals surface area (Å²) in [7, 11) is 0. The van der Waals surface area contributed by atoms with Gasteiger partial charge in [-0.1, -0.05) is 115 Å². The highest BCUT2D eigenvalue weighted by molar-refractivity contribution is 6.13. The summed E-state index contributed by atoms with van der Waals surface area (Å²) in [5.74, 6) is -2.33. The summed E-state index contributed by atoms with van der Waals surface area (Å²) in [5, 5.41) is -2.87. The molecule has 0 aliphatic rings. The molecule has 224 valence electrons. The number of nitrogens with zero attached hydrogens (tertiary/aromatic N) is 3. The molecule has 0 amide bonds. The fourth-order valence-electron chi connectivity index (χ4n) is 5.25. The second-order valence-electron chi connectivity index (χ2n) is 10.1. The molecule has 0 saturated carbocycles. The summed E-state index contributed by atoms with van der Waals surface area (Å²) in [6, 6.07) is -20.5. The lowest BCUT2D eigenvalue weighted by Gasteiger charge is -2.10. The fourth-order valence-corrected chi connectivity index (χ4v) is 5.25. The van der Waals surface area contributed by atoms with E-state index >= 15 is 0 Å². The molecule has 5 nitrogen and oxygen atoms in total. The first kappa shape index (κ1) is 11.9. The maximum Gasteiger partial charge on any atom is 0.164 e. The Hall–Kier alpha value is -6.59. The summed E-state index contributed by atoms with van der Waals surface area (Å²) in [5.41, 5.74) is -5.65. The molecule has 0 saturated heterocycles. The van der Waals surface area contributed by atoms with Crippen molar-refractivity contribution in [3.8, 4) is 45.3 Å². The van der Waals surface area contributed by atoms with Crippen LogP contribution in [-0.2, 0) is 0 Å². The predicted molar refractivity (Wildman–Crippen MR) is 194 cm³/mol. The van der Waals surface area contributed by atoms with Crippen molar-refractivity contribution < 1.29 is 43.1 Å². The third-order valence-corrected chi connectivity index (χ3v) is 7.33. The monoisotopic (exact) mass is 640 g/mol. The summed E-state index contributed by atoms with van der Waals surface area (Å²) in [6.45, 7) is 0. The summed E-state index contributed by atoms with van der Waals surface area (Å²) in [4.78, 5) is 13.3. The average Bonchev–Trinajstić information content (AvgIpc) is 3.96. The van der Waals surface area contributed by atoms with E-state index in [2.05, 4.69) is 15.0 Å². The van der Waals surface area contributed by atoms with Gasteiger partial charge in [-0.05, 0) is 58.2 Å². The van der Waals surface area contributed by atoms with Gasteiger partial charge in [-0.2, -0.15) is 0 Å². The Balaban J connectivity index is 1.38. The Morgan fingerprint density at radius 2 is 0.938 bits per heavy atom. The van der Waals surface area contributed by atoms with Crippen molar-refractivity contribution in [3.63, 3.8) is 0 Å². The van der Waals surface area contributed by atoms with E-state index < -0.39 is 251 Å². The number of aromatic nitrogens is 3. The van der Waals surface area contributed by atoms with Crippen LogP contribution in [0, 0.1) is 0 Å². The van der Waals surface area contributed by atoms with Crippen molar-refractivity contribution in [3.05, 3.63) is 151 Å². The fraction of sp³-hybridized carbons (Fsp3) is 0. The molecule has 0 N–H and O–H groups in total. The van der Waals surface area contributed by atoms with E-state index in [0.29, 0.717) is 0 Å². The molecule has 0 fully saturated rings. The molecular formula is C43H25N3O2. The van der Waals surface area contributed by atoms with Crippen molar-refractivity contribution in [2.24, 2.45) is 0 Å². The van der Waals surface area contributed by atoms with Crippen molar-refractivity contribution in [2.45, 2.75) is 0 Å². The van der Waals surface area contributed by atoms with Gasteiger partial charge in [-0.3, -0.25) is 0 Å². The number of furan rings is 2. The van der Waals surface area contributed by atoms with Gasteiger partial charge in [0.15, 0.2) is 17.5 Å². The summed E-state index contributed by atoms with van der Waals surface area (Å²) in [6.07, 6.45) is 0. The first-order valence-electron chi connectivity index (χ1n) is 26.4. The molecule has 0 spiro atoms. The van der Waals surface area contributed by atoms with Crippen LogP contribution in [0.1, 0.15) is 34.3 Å². The third kappa shape index (κ3) is 4.22. The Kier molecular flexibility index (Phi) is 2.59. The molecule has 0 aliphatic heterocycles. The first-order chi connectivity index (χ1) is 34.2. The van der Waals surface area contributed by atoms with E-state index in [1.807, 2.05) is 0 Å². The van der Waals surface area contributed by atoms with Gasteiger partial charge in [0.05, 0.1) is 34.3 Å². The molecular weight excluding hydrogens is 590 g/mol. The van der Waals surface area contributed by atoms with Gasteiger partial charge in [0.1, 0.15) is 22.3 Å². The normalized spacial score (nSPS) is 19.0. The van der Waals surface area contributed by atoms with Crippen LogP contribution in [0.4, 0.5) is 0 Å². The first-order valence-corrected chi connectivity index (χ1v) is 13.9. The number of fused-ring (bicyclic) bond motifs is 7. The summed E-state index contributed by atoms with van der Waals surface area (Å²) >= 11 is 0. The number of hydrogen-bond donors (Lipinski definition) is 0. The topological polar surface area (TPSA) is 65.0 Å². The van der Waals surface area contributed by atoms with Gasteiger partial charge in [0.2, 0.25) is 0 Å². The largest absolute Gasteiger partial charge is 0.456 e. The van der Waals surface area contributed by atoms with Gasteiger partial charge >= 0.3 is 0 Å². The quantitative estimate of drug-likeness (QED) is 0.191. The standard InChI is InChI=1S/C43H25N3O2/c1-2-11-27(12-3-1)41-44-42(33-15-8-18-36-39(33)31-14-6-7-17-35(31)47-36)46-43(45-41)34-16-9-19-37-40(34)32-23-22-30(25-38(32)48-37)29-21-20-26-10-4-5-13-28(26)24-29/h1-25H/i1D,2D,3D,4D,5D,6D,7D,8D,9D,10D,11D,12D,13D,14D,15D,16D,17D,18D,19D,20D,21D,22D,23D,24D,25D. The van der Waals surface area contributed by atoms with E-state index in [4.69, 9.17) is 36.2 Å². The van der Waals surface area contributed by atoms with Crippen LogP contribution in [0.2, 0.25) is 0 Å². The number of benzene rings is 7. The molecule has 7 aromatic carbocycles. The van der Waals surface area contributed by atoms with Crippen molar-refractivity contribution in [2.75, 3.05) is 0 Å². The van der Waals surface area contributed by atoms with Crippen molar-refractivity contribution in [1.29, 1.82) is 0 Å². The Labute approximate surface area is 309 Å². The third-order valence-electron chi connectivity index (χ3n) is 7.33. The van der Waals surface area contributed by atoms with Gasteiger partial charge in [0, 0.05) is 38.2 Å². The zero-order valence-corrected chi connectivity index (χ0v) is 23.7. The highest BCUT2D eigenvalue weighted by Crippen LogP contribution is 2.40. The SMILES string of the molecule is [2H]c1c([2H])c([2H])c(-c2nc(-c3c([2H])c([2H])c([2H])c4oc5c([2H])c([2H])c([2H])c([2H])c5c34)nc(-c3c([2H])c([2H])c([2H])c4oc5c([2H])c(-c6c([2H])c([2H])c7c([2H])c([2H])c([2H])c([2H])c7c6[2H])c([2H])c([2H])c5c34)n2)c([2H])c1[2H]. The van der Waals surface area contributed by atoms with E-state index in [-0.39, 0.29) is 0 Å². The maximum absolute atomic E-state index is 9.41. The van der Waals surface area contributed by atoms with Crippen LogP contribution in [-0.4, -0.2) is 15.0 Å². The van der Waals surface area contributed by atoms with Crippen LogP contribution >= 0.6 is 0 Å². The van der Waals surface area contributed by atoms with Gasteiger partial charge in [-0.25, -0.2) is 15.0 Å². The molecule has 5 heteroatoms. The van der Waals surface area contributed by atoms with E-state index in [1.165, 1.54) is 0 Å². The van der Waals surface area contributed by atoms with Gasteiger partial charge in [0.25, 0.3) is 0 Å². The Morgan fingerprint density at radius 1 is 0.375 bits per heavy atom. The highest BCUT2D eigenvalue weighted by Gasteiger charge is 2.20. The van der Waals surface area contributed by atoms with Crippen LogP contribution in [0.15, 0.2) is 160 Å². The number of hydrogen-bond acceptors (Lipinski definition) is 5. The molecule has 3 aromatic heterocycles. The van der Waals surface area contributed by atoms with E-state index in [9.17, 15) is 6.85 Å². The van der Waals surface area contributed by atoms with Gasteiger partial charge in [-0.15, -0.1) is 0 Å². The lowest BCUT2D eigenvalue weighted by atomic mass is 9.99. The molecule has 0 atom stereocenters. The minimum absolute atomic E-state index is 0.405. The average molecular weight is 641 g/mol. The van der Waals surface area contributed by atoms with Crippen molar-refractivity contribution in [1.82, 2.24) is 15.0 Å². The van der Waals surface area contributed by atoms with Crippen LogP contribution in [0.25, 0.3) is 99.9 Å². The van der Waals surface area contributed by atoms with Crippen LogP contribution in [0.5, 0.6) is 0 Å². The molecule has 3 heterocycles. The minimum atomic E-state index is -0.923. The molecule has 0 unspecified atom stereocenters. The number of para-hydroxylation sites is 1. The van der Waals surface area contributed by atoms with E-state index in [0.717, 1.165) is 0 Å². The minimum Gasteiger partial charge on any atom is -0.456 e. The maximum atomic E-state index is 9.41. The second-order valence-corrected chi connectivity index (χ2v) is 10.1. The molecule has 0 aliphatic carbocycles. The zero-order chi connectivity index (χ0) is 53.4. The Morgan fingerprint density at radius 3 is 1.71 bits per heavy atom. The van der Waals surface area contributed by atoms with Gasteiger partial charge < -0.3 is 8.83 Å². The lowest BCUT2D eigenvalue weighted by molar-refractivity contribution is 0.668. The molecule has 10 rings (SSSR count). The van der Waals surface area contributed by atoms with E-state index in [1.54, 1.807) is 0 Å². The zero-order valence-electron chi connectivity index (χ0n) is 48.7. The van der Waals surface area contributed by atoms with Crippen molar-refractivity contribution >= 4 is 54.6 Å². The summed E-state index contributed by atoms with van der Waals surface area (Å²) < 4.78 is 231. The smallest absolute Gasteiger partial charge is 0.164 e. The highest BCUT2D eigenvalue weighted by atomic mass is 16.3. The molecule has 48 heavy (non-hydrogen) atoms. The number of rotatable bonds is 4. The predicted octanol–water partition coefficient (Wildman–Crippen LogP) is 11.5. The molecule has 10 aromatic rings. The van der Waals surface area contributed by atoms with Crippen LogP contribution in [0.3, 0.4) is 0 Å². The second kappa shape index (κ2) is 10.5.